The Kier molecular flexibility index (Phi) is 5.17. The molecule has 0 aliphatic heterocycles. The number of aromatic hydroxyl groups is 1. The predicted octanol–water partition coefficient (Wildman–Crippen LogP) is 2.34. The molecule has 0 bridgehead atoms. The highest BCUT2D eigenvalue weighted by atomic mass is 79.9. The van der Waals surface area contributed by atoms with E-state index in [4.69, 9.17) is 12.2 Å². The summed E-state index contributed by atoms with van der Waals surface area (Å²) in [5.41, 5.74) is 3.45. The molecule has 0 saturated heterocycles. The summed E-state index contributed by atoms with van der Waals surface area (Å²) in [5.74, 6) is 0.163. The van der Waals surface area contributed by atoms with Gasteiger partial charge in [0.15, 0.2) is 5.11 Å². The van der Waals surface area contributed by atoms with Crippen molar-refractivity contribution >= 4 is 55.4 Å². The van der Waals surface area contributed by atoms with E-state index in [0.717, 1.165) is 5.56 Å². The van der Waals surface area contributed by atoms with Gasteiger partial charge in [0.05, 0.1) is 15.2 Å². The molecule has 1 rings (SSSR count). The zero-order valence-electron chi connectivity index (χ0n) is 8.29. The second-order valence-electron chi connectivity index (χ2n) is 2.78. The molecule has 3 N–H and O–H groups in total. The molecule has 0 aromatic heterocycles. The van der Waals surface area contributed by atoms with Crippen molar-refractivity contribution in [3.05, 3.63) is 26.6 Å². The third-order valence-electron chi connectivity index (χ3n) is 1.65. The zero-order chi connectivity index (χ0) is 12.1. The average Bonchev–Trinajstić information content (AvgIpc) is 2.25. The van der Waals surface area contributed by atoms with Gasteiger partial charge < -0.3 is 10.4 Å². The summed E-state index contributed by atoms with van der Waals surface area (Å²) < 4.78 is 1.19. The van der Waals surface area contributed by atoms with Gasteiger partial charge in [-0.05, 0) is 61.8 Å². The van der Waals surface area contributed by atoms with E-state index in [9.17, 15) is 5.11 Å². The Morgan fingerprint density at radius 2 is 2.00 bits per heavy atom. The number of nitrogens with zero attached hydrogens (tertiary/aromatic N) is 1. The van der Waals surface area contributed by atoms with E-state index in [1.807, 2.05) is 0 Å². The van der Waals surface area contributed by atoms with E-state index in [0.29, 0.717) is 14.1 Å². The lowest BCUT2D eigenvalue weighted by Gasteiger charge is -2.02. The van der Waals surface area contributed by atoms with Gasteiger partial charge in [0.25, 0.3) is 0 Å². The normalized spacial score (nSPS) is 10.4. The summed E-state index contributed by atoms with van der Waals surface area (Å²) in [4.78, 5) is 0. The van der Waals surface area contributed by atoms with Crippen molar-refractivity contribution in [3.8, 4) is 5.75 Å². The molecule has 0 unspecified atom stereocenters. The molecule has 0 aliphatic carbocycles. The largest absolute Gasteiger partial charge is 0.506 e. The van der Waals surface area contributed by atoms with Crippen LogP contribution in [-0.2, 0) is 0 Å². The fourth-order valence-electron chi connectivity index (χ4n) is 0.881. The Morgan fingerprint density at radius 1 is 1.44 bits per heavy atom. The number of phenols is 1. The fraction of sp³-hybridized carbons (Fsp3) is 0.111. The van der Waals surface area contributed by atoms with Gasteiger partial charge in [-0.3, -0.25) is 5.43 Å². The molecular weight excluding hydrogens is 358 g/mol. The van der Waals surface area contributed by atoms with E-state index in [2.05, 4.69) is 47.7 Å². The molecule has 16 heavy (non-hydrogen) atoms. The number of halogens is 2. The second-order valence-corrected chi connectivity index (χ2v) is 4.90. The number of hydrogen-bond acceptors (Lipinski definition) is 3. The first-order valence-corrected chi connectivity index (χ1v) is 6.23. The maximum Gasteiger partial charge on any atom is 0.186 e. The van der Waals surface area contributed by atoms with Crippen molar-refractivity contribution in [2.45, 2.75) is 0 Å². The molecule has 0 fully saturated rings. The zero-order valence-corrected chi connectivity index (χ0v) is 12.3. The fourth-order valence-corrected chi connectivity index (χ4v) is 2.16. The molecule has 0 saturated carbocycles. The van der Waals surface area contributed by atoms with Gasteiger partial charge in [-0.1, -0.05) is 0 Å². The van der Waals surface area contributed by atoms with Crippen molar-refractivity contribution < 1.29 is 5.11 Å². The Morgan fingerprint density at radius 3 is 2.50 bits per heavy atom. The minimum absolute atomic E-state index is 0.163. The first-order valence-electron chi connectivity index (χ1n) is 4.23. The summed E-state index contributed by atoms with van der Waals surface area (Å²) in [5, 5.41) is 16.6. The lowest BCUT2D eigenvalue weighted by molar-refractivity contribution is 0.468. The van der Waals surface area contributed by atoms with Crippen LogP contribution in [0.1, 0.15) is 5.56 Å². The van der Waals surface area contributed by atoms with Crippen molar-refractivity contribution in [3.63, 3.8) is 0 Å². The van der Waals surface area contributed by atoms with Crippen LogP contribution in [0.25, 0.3) is 0 Å². The predicted molar refractivity (Wildman–Crippen MR) is 75.9 cm³/mol. The summed E-state index contributed by atoms with van der Waals surface area (Å²) >= 11 is 11.3. The topological polar surface area (TPSA) is 56.7 Å². The molecule has 0 amide bonds. The van der Waals surface area contributed by atoms with E-state index < -0.39 is 0 Å². The van der Waals surface area contributed by atoms with Crippen LogP contribution in [0.5, 0.6) is 5.75 Å². The lowest BCUT2D eigenvalue weighted by atomic mass is 10.2. The molecular formula is C9H9Br2N3OS. The van der Waals surface area contributed by atoms with Crippen LogP contribution in [-0.4, -0.2) is 23.5 Å². The van der Waals surface area contributed by atoms with Gasteiger partial charge in [0.2, 0.25) is 0 Å². The molecule has 0 radical (unpaired) electrons. The number of nitrogens with one attached hydrogen (secondary N) is 2. The van der Waals surface area contributed by atoms with Gasteiger partial charge in [0.1, 0.15) is 5.75 Å². The first-order chi connectivity index (χ1) is 7.54. The van der Waals surface area contributed by atoms with Gasteiger partial charge in [0, 0.05) is 7.05 Å². The number of thiocarbonyl (C=S) groups is 1. The number of hydrazone groups is 1. The molecule has 4 nitrogen and oxygen atoms in total. The van der Waals surface area contributed by atoms with Gasteiger partial charge in [-0.2, -0.15) is 5.10 Å². The average molecular weight is 367 g/mol. The van der Waals surface area contributed by atoms with Crippen LogP contribution in [0.15, 0.2) is 26.2 Å². The van der Waals surface area contributed by atoms with Crippen LogP contribution in [0, 0.1) is 0 Å². The maximum absolute atomic E-state index is 9.50. The van der Waals surface area contributed by atoms with E-state index in [1.54, 1.807) is 25.4 Å². The number of phenolic OH excluding ortho intramolecular Hbond substituents is 1. The smallest absolute Gasteiger partial charge is 0.186 e. The minimum atomic E-state index is 0.163. The monoisotopic (exact) mass is 365 g/mol. The van der Waals surface area contributed by atoms with Gasteiger partial charge >= 0.3 is 0 Å². The van der Waals surface area contributed by atoms with Crippen LogP contribution < -0.4 is 10.7 Å². The van der Waals surface area contributed by atoms with E-state index in [1.165, 1.54) is 0 Å². The first kappa shape index (κ1) is 13.4. The summed E-state index contributed by atoms with van der Waals surface area (Å²) in [6.07, 6.45) is 1.60. The lowest BCUT2D eigenvalue weighted by Crippen LogP contribution is -2.28. The quantitative estimate of drug-likeness (QED) is 0.427. The van der Waals surface area contributed by atoms with Crippen molar-refractivity contribution in [1.82, 2.24) is 10.7 Å². The van der Waals surface area contributed by atoms with Crippen LogP contribution in [0.3, 0.4) is 0 Å². The van der Waals surface area contributed by atoms with Gasteiger partial charge in [-0.15, -0.1) is 0 Å². The molecule has 86 valence electrons. The van der Waals surface area contributed by atoms with Gasteiger partial charge in [-0.25, -0.2) is 0 Å². The van der Waals surface area contributed by atoms with Crippen LogP contribution in [0.2, 0.25) is 0 Å². The van der Waals surface area contributed by atoms with Crippen LogP contribution >= 0.6 is 44.1 Å². The molecule has 7 heteroatoms. The second kappa shape index (κ2) is 6.17. The van der Waals surface area contributed by atoms with E-state index >= 15 is 0 Å². The highest BCUT2D eigenvalue weighted by Crippen LogP contribution is 2.32. The molecule has 1 aromatic carbocycles. The Balaban J connectivity index is 2.78. The molecule has 0 atom stereocenters. The summed E-state index contributed by atoms with van der Waals surface area (Å²) in [6, 6.07) is 3.49. The van der Waals surface area contributed by atoms with E-state index in [-0.39, 0.29) is 5.75 Å². The highest BCUT2D eigenvalue weighted by molar-refractivity contribution is 9.11. The Bertz CT molecular complexity index is 414. The summed E-state index contributed by atoms with van der Waals surface area (Å²) in [7, 11) is 1.71. The third-order valence-corrected chi connectivity index (χ3v) is 3.15. The molecule has 0 aliphatic rings. The number of rotatable bonds is 2. The van der Waals surface area contributed by atoms with Crippen LogP contribution in [0.4, 0.5) is 0 Å². The maximum atomic E-state index is 9.50. The van der Waals surface area contributed by atoms with Crippen molar-refractivity contribution in [1.29, 1.82) is 0 Å². The third kappa shape index (κ3) is 3.73. The van der Waals surface area contributed by atoms with Crippen molar-refractivity contribution in [2.24, 2.45) is 5.10 Å². The highest BCUT2D eigenvalue weighted by Gasteiger charge is 2.04. The molecule has 0 spiro atoms. The Labute approximate surface area is 115 Å². The molecule has 0 heterocycles. The van der Waals surface area contributed by atoms with Crippen molar-refractivity contribution in [2.75, 3.05) is 7.05 Å². The minimum Gasteiger partial charge on any atom is -0.506 e. The number of hydrogen-bond donors (Lipinski definition) is 3. The standard InChI is InChI=1S/C9H9Br2N3OS/c1-12-9(16)14-13-4-5-2-6(10)8(15)7(11)3-5/h2-4,15H,1H3,(H2,12,14,16)/b13-4+. The molecule has 1 aromatic rings. The summed E-state index contributed by atoms with van der Waals surface area (Å²) in [6.45, 7) is 0. The number of benzene rings is 1. The SMILES string of the molecule is CNC(=S)N/N=C/c1cc(Br)c(O)c(Br)c1. The Hall–Kier alpha value is -0.660.